The zero-order chi connectivity index (χ0) is 12.8. The Hall–Kier alpha value is -1.03. The van der Waals surface area contributed by atoms with E-state index in [4.69, 9.17) is 0 Å². The van der Waals surface area contributed by atoms with E-state index in [-0.39, 0.29) is 6.61 Å². The third kappa shape index (κ3) is 4.38. The Labute approximate surface area is 106 Å². The van der Waals surface area contributed by atoms with Crippen LogP contribution in [0, 0.1) is 0 Å². The number of ether oxygens (including phenoxy) is 1. The first-order valence-electron chi connectivity index (χ1n) is 5.62. The topological polar surface area (TPSA) is 26.3 Å². The average molecular weight is 256 g/mol. The summed E-state index contributed by atoms with van der Waals surface area (Å²) in [6, 6.07) is 7.55. The van der Waals surface area contributed by atoms with Gasteiger partial charge < -0.3 is 4.74 Å². The van der Waals surface area contributed by atoms with Gasteiger partial charge in [0, 0.05) is 4.90 Å². The first-order chi connectivity index (χ1) is 8.04. The maximum Gasteiger partial charge on any atom is 0.351 e. The third-order valence-corrected chi connectivity index (χ3v) is 3.20. The van der Waals surface area contributed by atoms with Crippen LogP contribution in [0.5, 0.6) is 0 Å². The second-order valence-corrected chi connectivity index (χ2v) is 5.03. The van der Waals surface area contributed by atoms with Crippen LogP contribution in [-0.4, -0.2) is 18.1 Å². The third-order valence-electron chi connectivity index (χ3n) is 2.26. The van der Waals surface area contributed by atoms with Crippen molar-refractivity contribution in [3.8, 4) is 0 Å². The fourth-order valence-corrected chi connectivity index (χ4v) is 2.00. The van der Waals surface area contributed by atoms with Gasteiger partial charge in [0.15, 0.2) is 0 Å². The summed E-state index contributed by atoms with van der Waals surface area (Å²) in [5.41, 5.74) is -0.458. The van der Waals surface area contributed by atoms with Gasteiger partial charge in [-0.2, -0.15) is 0 Å². The zero-order valence-electron chi connectivity index (χ0n) is 10.3. The highest BCUT2D eigenvalue weighted by molar-refractivity contribution is 8.00. The minimum atomic E-state index is -1.65. The van der Waals surface area contributed by atoms with Crippen LogP contribution < -0.4 is 0 Å². The summed E-state index contributed by atoms with van der Waals surface area (Å²) in [5, 5.41) is 0. The molecule has 0 fully saturated rings. The molecular weight excluding hydrogens is 239 g/mol. The molecule has 0 amide bonds. The highest BCUT2D eigenvalue weighted by Gasteiger charge is 2.19. The van der Waals surface area contributed by atoms with Gasteiger partial charge in [0.1, 0.15) is 0 Å². The fraction of sp³-hybridized carbons (Fsp3) is 0.462. The van der Waals surface area contributed by atoms with Gasteiger partial charge >= 0.3 is 5.97 Å². The Morgan fingerprint density at radius 2 is 1.94 bits per heavy atom. The number of carbonyl (C=O) groups is 1. The van der Waals surface area contributed by atoms with E-state index in [9.17, 15) is 9.18 Å². The largest absolute Gasteiger partial charge is 0.463 e. The number of alkyl halides is 1. The van der Waals surface area contributed by atoms with Crippen molar-refractivity contribution in [3.63, 3.8) is 0 Å². The number of esters is 1. The Bertz CT molecular complexity index is 362. The van der Waals surface area contributed by atoms with Crippen molar-refractivity contribution < 1.29 is 13.9 Å². The van der Waals surface area contributed by atoms with Crippen LogP contribution in [0.1, 0.15) is 32.3 Å². The summed E-state index contributed by atoms with van der Waals surface area (Å²) in [6.07, 6.45) is 0. The van der Waals surface area contributed by atoms with Crippen molar-refractivity contribution >= 4 is 17.7 Å². The number of carbonyl (C=O) groups excluding carboxylic acids is 1. The lowest BCUT2D eigenvalue weighted by Gasteiger charge is -2.09. The molecule has 2 nitrogen and oxygen atoms in total. The number of benzene rings is 1. The molecule has 0 aliphatic heterocycles. The molecule has 1 rings (SSSR count). The maximum absolute atomic E-state index is 13.4. The molecule has 1 atom stereocenters. The van der Waals surface area contributed by atoms with Gasteiger partial charge in [-0.05, 0) is 30.5 Å². The van der Waals surface area contributed by atoms with Crippen LogP contribution in [0.2, 0.25) is 0 Å². The second-order valence-electron chi connectivity index (χ2n) is 3.91. The predicted molar refractivity (Wildman–Crippen MR) is 67.9 cm³/mol. The molecule has 0 N–H and O–H groups in total. The molecule has 1 aromatic rings. The summed E-state index contributed by atoms with van der Waals surface area (Å²) in [6.45, 7) is 6.05. The number of hydrogen-bond acceptors (Lipinski definition) is 3. The molecule has 94 valence electrons. The Balaban J connectivity index is 2.60. The van der Waals surface area contributed by atoms with Crippen LogP contribution in [0.4, 0.5) is 4.39 Å². The van der Waals surface area contributed by atoms with Crippen molar-refractivity contribution in [1.82, 2.24) is 0 Å². The molecule has 1 aromatic carbocycles. The van der Waals surface area contributed by atoms with Crippen LogP contribution in [0.15, 0.2) is 29.2 Å². The molecule has 0 aromatic heterocycles. The number of hydrogen-bond donors (Lipinski definition) is 0. The minimum Gasteiger partial charge on any atom is -0.463 e. The Morgan fingerprint density at radius 3 is 2.41 bits per heavy atom. The van der Waals surface area contributed by atoms with Gasteiger partial charge in [-0.1, -0.05) is 37.7 Å². The van der Waals surface area contributed by atoms with Crippen LogP contribution in [-0.2, 0) is 9.53 Å². The standard InChI is InChI=1S/C13H17FO2S/c1-4-16-13(15)12(14)17-11-7-5-10(6-8-11)9(2)3/h5-9,12H,4H2,1-3H3. The normalized spacial score (nSPS) is 12.5. The van der Waals surface area contributed by atoms with Gasteiger partial charge in [-0.15, -0.1) is 0 Å². The zero-order valence-corrected chi connectivity index (χ0v) is 11.1. The van der Waals surface area contributed by atoms with Crippen molar-refractivity contribution in [2.24, 2.45) is 0 Å². The first-order valence-corrected chi connectivity index (χ1v) is 6.50. The molecular formula is C13H17FO2S. The molecule has 1 unspecified atom stereocenters. The smallest absolute Gasteiger partial charge is 0.351 e. The van der Waals surface area contributed by atoms with E-state index in [0.717, 1.165) is 16.7 Å². The average Bonchev–Trinajstić information content (AvgIpc) is 2.30. The Kier molecular flexibility index (Phi) is 5.48. The molecule has 0 bridgehead atoms. The number of rotatable bonds is 5. The molecule has 0 saturated heterocycles. The van der Waals surface area contributed by atoms with E-state index in [1.54, 1.807) is 6.92 Å². The van der Waals surface area contributed by atoms with Gasteiger partial charge in [-0.25, -0.2) is 9.18 Å². The molecule has 0 radical (unpaired) electrons. The summed E-state index contributed by atoms with van der Waals surface area (Å²) < 4.78 is 18.0. The second kappa shape index (κ2) is 6.64. The van der Waals surface area contributed by atoms with E-state index in [0.29, 0.717) is 5.92 Å². The van der Waals surface area contributed by atoms with E-state index in [1.807, 2.05) is 24.3 Å². The van der Waals surface area contributed by atoms with E-state index >= 15 is 0 Å². The molecule has 17 heavy (non-hydrogen) atoms. The van der Waals surface area contributed by atoms with Crippen LogP contribution in [0.25, 0.3) is 0 Å². The molecule has 0 aliphatic carbocycles. The van der Waals surface area contributed by atoms with Gasteiger partial charge in [-0.3, -0.25) is 0 Å². The monoisotopic (exact) mass is 256 g/mol. The van der Waals surface area contributed by atoms with Gasteiger partial charge in [0.2, 0.25) is 5.50 Å². The number of thioether (sulfide) groups is 1. The van der Waals surface area contributed by atoms with E-state index in [1.165, 1.54) is 5.56 Å². The molecule has 4 heteroatoms. The summed E-state index contributed by atoms with van der Waals surface area (Å²) in [4.78, 5) is 11.8. The highest BCUT2D eigenvalue weighted by atomic mass is 32.2. The van der Waals surface area contributed by atoms with Crippen molar-refractivity contribution in [2.45, 2.75) is 37.1 Å². The van der Waals surface area contributed by atoms with E-state index < -0.39 is 11.5 Å². The van der Waals surface area contributed by atoms with E-state index in [2.05, 4.69) is 18.6 Å². The minimum absolute atomic E-state index is 0.200. The maximum atomic E-state index is 13.4. The van der Waals surface area contributed by atoms with Crippen molar-refractivity contribution in [1.29, 1.82) is 0 Å². The lowest BCUT2D eigenvalue weighted by Crippen LogP contribution is -2.15. The lowest BCUT2D eigenvalue weighted by molar-refractivity contribution is -0.145. The molecule has 0 saturated carbocycles. The quantitative estimate of drug-likeness (QED) is 0.592. The SMILES string of the molecule is CCOC(=O)C(F)Sc1ccc(C(C)C)cc1. The molecule has 0 spiro atoms. The van der Waals surface area contributed by atoms with Gasteiger partial charge in [0.25, 0.3) is 0 Å². The van der Waals surface area contributed by atoms with Crippen LogP contribution in [0.3, 0.4) is 0 Å². The first kappa shape index (κ1) is 14.0. The van der Waals surface area contributed by atoms with Gasteiger partial charge in [0.05, 0.1) is 6.61 Å². The summed E-state index contributed by atoms with van der Waals surface area (Å²) in [5.74, 6) is -0.370. The van der Waals surface area contributed by atoms with Crippen LogP contribution >= 0.6 is 11.8 Å². The number of halogens is 1. The summed E-state index contributed by atoms with van der Waals surface area (Å²) >= 11 is 0.871. The highest BCUT2D eigenvalue weighted by Crippen LogP contribution is 2.26. The predicted octanol–water partition coefficient (Wildman–Crippen LogP) is 3.76. The van der Waals surface area contributed by atoms with Crippen molar-refractivity contribution in [3.05, 3.63) is 29.8 Å². The van der Waals surface area contributed by atoms with Crippen molar-refractivity contribution in [2.75, 3.05) is 6.61 Å². The fourth-order valence-electron chi connectivity index (χ4n) is 1.31. The molecule has 0 aliphatic rings. The summed E-state index contributed by atoms with van der Waals surface area (Å²) in [7, 11) is 0. The Morgan fingerprint density at radius 1 is 1.35 bits per heavy atom. The molecule has 0 heterocycles. The lowest BCUT2D eigenvalue weighted by atomic mass is 10.0.